The molecule has 1 aliphatic carbocycles. The molecule has 2 aromatic heterocycles. The smallest absolute Gasteiger partial charge is 0.143 e. The number of aryl methyl sites for hydroxylation is 2. The minimum absolute atomic E-state index is 0.795. The summed E-state index contributed by atoms with van der Waals surface area (Å²) in [6.45, 7) is 4.22. The van der Waals surface area contributed by atoms with Gasteiger partial charge >= 0.3 is 0 Å². The summed E-state index contributed by atoms with van der Waals surface area (Å²) in [5, 5.41) is 14.9. The van der Waals surface area contributed by atoms with Gasteiger partial charge in [-0.1, -0.05) is 115 Å². The molecule has 0 fully saturated rings. The maximum absolute atomic E-state index is 13.0. The van der Waals surface area contributed by atoms with Crippen molar-refractivity contribution in [2.24, 2.45) is 0 Å². The summed E-state index contributed by atoms with van der Waals surface area (Å²) in [6, 6.07) is 38.7. The van der Waals surface area contributed by atoms with Crippen LogP contribution in [0.2, 0.25) is 0 Å². The predicted octanol–water partition coefficient (Wildman–Crippen LogP) is 8.76. The van der Waals surface area contributed by atoms with E-state index in [4.69, 9.17) is 9.97 Å². The van der Waals surface area contributed by atoms with E-state index in [-0.39, 0.29) is 0 Å². The van der Waals surface area contributed by atoms with Crippen LogP contribution in [0.4, 0.5) is 0 Å². The van der Waals surface area contributed by atoms with Gasteiger partial charge in [0.25, 0.3) is 0 Å². The van der Waals surface area contributed by atoms with Crippen LogP contribution >= 0.6 is 22.7 Å². The standard InChI is InChI=1S/C35H26N2OS2/c1-22-31(36-33(39-22)24-14-6-3-7-15-24)29-27-20-12-13-21-28(27)35(38,26-18-10-5-11-19-26)30(29)32-23(2)40-34(37-32)25-16-8-4-9-17-25/h3-21,38H,1-2H3/t35-/m0/s1. The molecule has 0 unspecified atom stereocenters. The van der Waals surface area contributed by atoms with Crippen molar-refractivity contribution in [1.82, 2.24) is 9.97 Å². The molecule has 0 amide bonds. The summed E-state index contributed by atoms with van der Waals surface area (Å²) in [5.41, 5.74) is 6.89. The van der Waals surface area contributed by atoms with E-state index in [9.17, 15) is 5.11 Å². The van der Waals surface area contributed by atoms with Crippen molar-refractivity contribution in [3.05, 3.63) is 153 Å². The third-order valence-corrected chi connectivity index (χ3v) is 9.54. The van der Waals surface area contributed by atoms with Crippen LogP contribution in [0, 0.1) is 13.8 Å². The fourth-order valence-electron chi connectivity index (χ4n) is 5.65. The third-order valence-electron chi connectivity index (χ3n) is 7.50. The number of benzene rings is 4. The second-order valence-corrected chi connectivity index (χ2v) is 12.4. The van der Waals surface area contributed by atoms with Crippen LogP contribution in [0.15, 0.2) is 115 Å². The number of hydrogen-bond acceptors (Lipinski definition) is 5. The predicted molar refractivity (Wildman–Crippen MR) is 166 cm³/mol. The molecule has 0 saturated carbocycles. The molecule has 6 aromatic rings. The lowest BCUT2D eigenvalue weighted by atomic mass is 9.81. The Kier molecular flexibility index (Phi) is 6.08. The summed E-state index contributed by atoms with van der Waals surface area (Å²) in [4.78, 5) is 12.6. The van der Waals surface area contributed by atoms with E-state index >= 15 is 0 Å². The molecule has 0 aliphatic heterocycles. The maximum atomic E-state index is 13.0. The van der Waals surface area contributed by atoms with Crippen molar-refractivity contribution in [2.75, 3.05) is 0 Å². The normalized spacial score (nSPS) is 16.4. The van der Waals surface area contributed by atoms with Crippen molar-refractivity contribution in [2.45, 2.75) is 19.4 Å². The van der Waals surface area contributed by atoms with Crippen LogP contribution < -0.4 is 0 Å². The minimum Gasteiger partial charge on any atom is -0.376 e. The Morgan fingerprint density at radius 1 is 0.575 bits per heavy atom. The topological polar surface area (TPSA) is 46.0 Å². The average Bonchev–Trinajstić information content (AvgIpc) is 3.66. The molecule has 7 rings (SSSR count). The summed E-state index contributed by atoms with van der Waals surface area (Å²) in [6.07, 6.45) is 0. The molecule has 1 N–H and O–H groups in total. The van der Waals surface area contributed by atoms with Gasteiger partial charge in [-0.05, 0) is 25.0 Å². The second kappa shape index (κ2) is 9.79. The van der Waals surface area contributed by atoms with Crippen LogP contribution in [0.1, 0.15) is 37.8 Å². The number of rotatable bonds is 5. The van der Waals surface area contributed by atoms with Gasteiger partial charge in [0.15, 0.2) is 0 Å². The molecule has 0 radical (unpaired) electrons. The molecule has 1 atom stereocenters. The van der Waals surface area contributed by atoms with Gasteiger partial charge < -0.3 is 5.11 Å². The van der Waals surface area contributed by atoms with Crippen molar-refractivity contribution in [3.8, 4) is 21.1 Å². The second-order valence-electron chi connectivity index (χ2n) is 9.95. The van der Waals surface area contributed by atoms with Crippen LogP contribution in [-0.4, -0.2) is 15.1 Å². The van der Waals surface area contributed by atoms with Crippen LogP contribution in [0.3, 0.4) is 0 Å². The van der Waals surface area contributed by atoms with E-state index in [1.54, 1.807) is 22.7 Å². The highest BCUT2D eigenvalue weighted by Gasteiger charge is 2.48. The number of aliphatic hydroxyl groups is 1. The van der Waals surface area contributed by atoms with Gasteiger partial charge in [-0.15, -0.1) is 22.7 Å². The van der Waals surface area contributed by atoms with E-state index in [2.05, 4.69) is 44.2 Å². The van der Waals surface area contributed by atoms with E-state index in [0.717, 1.165) is 70.1 Å². The van der Waals surface area contributed by atoms with Crippen LogP contribution in [0.5, 0.6) is 0 Å². The molecule has 5 heteroatoms. The molecule has 1 aliphatic rings. The third kappa shape index (κ3) is 3.89. The highest BCUT2D eigenvalue weighted by atomic mass is 32.1. The first-order chi connectivity index (χ1) is 19.6. The Morgan fingerprint density at radius 3 is 1.65 bits per heavy atom. The van der Waals surface area contributed by atoms with Gasteiger partial charge in [-0.3, -0.25) is 0 Å². The Morgan fingerprint density at radius 2 is 1.05 bits per heavy atom. The Labute approximate surface area is 241 Å². The molecule has 3 nitrogen and oxygen atoms in total. The van der Waals surface area contributed by atoms with E-state index in [1.165, 1.54) is 0 Å². The zero-order valence-corrected chi connectivity index (χ0v) is 23.8. The summed E-state index contributed by atoms with van der Waals surface area (Å²) < 4.78 is 0. The quantitative estimate of drug-likeness (QED) is 0.232. The van der Waals surface area contributed by atoms with Gasteiger partial charge in [0.2, 0.25) is 0 Å². The summed E-state index contributed by atoms with van der Waals surface area (Å²) >= 11 is 3.34. The van der Waals surface area contributed by atoms with Gasteiger partial charge in [0.05, 0.1) is 11.4 Å². The minimum atomic E-state index is -1.39. The lowest BCUT2D eigenvalue weighted by Gasteiger charge is -2.28. The maximum Gasteiger partial charge on any atom is 0.143 e. The Balaban J connectivity index is 1.55. The molecule has 0 spiro atoms. The van der Waals surface area contributed by atoms with Gasteiger partial charge in [-0.25, -0.2) is 9.97 Å². The van der Waals surface area contributed by atoms with Gasteiger partial charge in [0, 0.05) is 37.6 Å². The zero-order chi connectivity index (χ0) is 27.3. The number of fused-ring (bicyclic) bond motifs is 1. The molecule has 0 saturated heterocycles. The van der Waals surface area contributed by atoms with Crippen LogP contribution in [-0.2, 0) is 5.60 Å². The molecule has 40 heavy (non-hydrogen) atoms. The Hall–Kier alpha value is -4.16. The van der Waals surface area contributed by atoms with E-state index in [0.29, 0.717) is 0 Å². The van der Waals surface area contributed by atoms with Crippen molar-refractivity contribution < 1.29 is 5.11 Å². The highest BCUT2D eigenvalue weighted by molar-refractivity contribution is 7.15. The fourth-order valence-corrected chi connectivity index (χ4v) is 7.50. The number of aromatic nitrogens is 2. The number of hydrogen-bond donors (Lipinski definition) is 1. The molecular formula is C35H26N2OS2. The lowest BCUT2D eigenvalue weighted by molar-refractivity contribution is 0.148. The molecule has 0 bridgehead atoms. The molecule has 194 valence electrons. The van der Waals surface area contributed by atoms with Crippen molar-refractivity contribution >= 4 is 33.8 Å². The largest absolute Gasteiger partial charge is 0.376 e. The van der Waals surface area contributed by atoms with Crippen LogP contribution in [0.25, 0.3) is 32.3 Å². The van der Waals surface area contributed by atoms with Crippen molar-refractivity contribution in [3.63, 3.8) is 0 Å². The summed E-state index contributed by atoms with van der Waals surface area (Å²) in [7, 11) is 0. The fraction of sp³-hybridized carbons (Fsp3) is 0.0857. The Bertz CT molecular complexity index is 1870. The number of nitrogens with zero attached hydrogens (tertiary/aromatic N) is 2. The SMILES string of the molecule is Cc1sc(-c2ccccc2)nc1C1=C(c2nc(-c3ccccc3)sc2C)[C@](O)(c2ccccc2)c2ccccc21. The average molecular weight is 555 g/mol. The highest BCUT2D eigenvalue weighted by Crippen LogP contribution is 2.56. The first-order valence-electron chi connectivity index (χ1n) is 13.2. The summed E-state index contributed by atoms with van der Waals surface area (Å²) in [5.74, 6) is 0. The lowest BCUT2D eigenvalue weighted by Crippen LogP contribution is -2.27. The van der Waals surface area contributed by atoms with E-state index in [1.807, 2.05) is 84.9 Å². The van der Waals surface area contributed by atoms with Crippen molar-refractivity contribution in [1.29, 1.82) is 0 Å². The van der Waals surface area contributed by atoms with Gasteiger partial charge in [-0.2, -0.15) is 0 Å². The number of thiazole rings is 2. The monoisotopic (exact) mass is 554 g/mol. The molecular weight excluding hydrogens is 529 g/mol. The van der Waals surface area contributed by atoms with Gasteiger partial charge in [0.1, 0.15) is 15.6 Å². The zero-order valence-electron chi connectivity index (χ0n) is 22.1. The first-order valence-corrected chi connectivity index (χ1v) is 14.9. The molecule has 2 heterocycles. The molecule has 4 aromatic carbocycles. The van der Waals surface area contributed by atoms with E-state index < -0.39 is 5.60 Å². The first kappa shape index (κ1) is 24.9.